The lowest BCUT2D eigenvalue weighted by molar-refractivity contribution is 0.00578. The minimum absolute atomic E-state index is 0.133. The van der Waals surface area contributed by atoms with E-state index in [-0.39, 0.29) is 22.8 Å². The Morgan fingerprint density at radius 3 is 2.38 bits per heavy atom. The first-order valence-corrected chi connectivity index (χ1v) is 7.14. The molecule has 0 spiro atoms. The third-order valence-corrected chi connectivity index (χ3v) is 4.18. The third kappa shape index (κ3) is 3.28. The van der Waals surface area contributed by atoms with Gasteiger partial charge in [-0.3, -0.25) is 4.79 Å². The molecule has 0 radical (unpaired) electrons. The minimum atomic E-state index is -0.464. The molecular formula is C15H23BN2O3. The van der Waals surface area contributed by atoms with Gasteiger partial charge in [0, 0.05) is 17.8 Å². The van der Waals surface area contributed by atoms with Crippen LogP contribution in [-0.4, -0.2) is 23.3 Å². The number of nitrogens with two attached hydrogens (primary N) is 1. The molecule has 0 aromatic carbocycles. The molecule has 1 fully saturated rings. The summed E-state index contributed by atoms with van der Waals surface area (Å²) in [5.41, 5.74) is 6.31. The maximum Gasteiger partial charge on any atom is 0.487 e. The summed E-state index contributed by atoms with van der Waals surface area (Å²) in [5, 5.41) is 0. The normalized spacial score (nSPS) is 21.9. The summed E-state index contributed by atoms with van der Waals surface area (Å²) in [7, 11) is -0.464. The Kier molecular flexibility index (Phi) is 4.15. The molecule has 1 atom stereocenters. The monoisotopic (exact) mass is 290 g/mol. The highest BCUT2D eigenvalue weighted by Crippen LogP contribution is 2.36. The van der Waals surface area contributed by atoms with Gasteiger partial charge in [-0.15, -0.1) is 0 Å². The lowest BCUT2D eigenvalue weighted by atomic mass is 9.89. The largest absolute Gasteiger partial charge is 0.487 e. The second-order valence-corrected chi connectivity index (χ2v) is 6.49. The molecule has 5 nitrogen and oxygen atoms in total. The Balaban J connectivity index is 2.20. The third-order valence-electron chi connectivity index (χ3n) is 4.18. The quantitative estimate of drug-likeness (QED) is 0.835. The molecular weight excluding hydrogens is 267 g/mol. The zero-order chi connectivity index (χ0) is 15.8. The summed E-state index contributed by atoms with van der Waals surface area (Å²) in [6, 6.07) is 1.65. The van der Waals surface area contributed by atoms with Crippen LogP contribution < -0.4 is 11.3 Å². The van der Waals surface area contributed by atoms with Crippen LogP contribution in [0.1, 0.15) is 51.8 Å². The van der Waals surface area contributed by atoms with E-state index in [4.69, 9.17) is 15.0 Å². The van der Waals surface area contributed by atoms with Crippen LogP contribution in [0.4, 0.5) is 0 Å². The van der Waals surface area contributed by atoms with Gasteiger partial charge in [0.1, 0.15) is 0 Å². The number of hydrogen-bond acceptors (Lipinski definition) is 4. The number of hydrogen-bond donors (Lipinski definition) is 2. The summed E-state index contributed by atoms with van der Waals surface area (Å²) in [4.78, 5) is 14.5. The molecule has 6 heteroatoms. The number of pyridine rings is 1. The van der Waals surface area contributed by atoms with E-state index in [1.807, 2.05) is 34.6 Å². The fourth-order valence-corrected chi connectivity index (χ4v) is 2.06. The van der Waals surface area contributed by atoms with Crippen LogP contribution in [0.2, 0.25) is 0 Å². The molecule has 0 amide bonds. The van der Waals surface area contributed by atoms with Gasteiger partial charge >= 0.3 is 7.12 Å². The highest BCUT2D eigenvalue weighted by molar-refractivity contribution is 6.52. The highest BCUT2D eigenvalue weighted by Gasteiger charge is 2.49. The first kappa shape index (κ1) is 16.0. The molecule has 1 saturated heterocycles. The van der Waals surface area contributed by atoms with Gasteiger partial charge < -0.3 is 20.0 Å². The topological polar surface area (TPSA) is 77.3 Å². The van der Waals surface area contributed by atoms with E-state index in [0.29, 0.717) is 5.56 Å². The van der Waals surface area contributed by atoms with Crippen molar-refractivity contribution >= 4 is 13.2 Å². The summed E-state index contributed by atoms with van der Waals surface area (Å²) >= 11 is 0. The molecule has 1 aliphatic rings. The zero-order valence-corrected chi connectivity index (χ0v) is 13.3. The number of aromatic amines is 1. The van der Waals surface area contributed by atoms with Crippen LogP contribution in [0, 0.1) is 0 Å². The average molecular weight is 290 g/mol. The molecule has 1 aromatic rings. The Bertz CT molecular complexity index is 589. The van der Waals surface area contributed by atoms with Crippen molar-refractivity contribution in [3.63, 3.8) is 0 Å². The summed E-state index contributed by atoms with van der Waals surface area (Å²) in [5.74, 6) is 1.76. The van der Waals surface area contributed by atoms with E-state index in [1.54, 1.807) is 24.3 Å². The standard InChI is InChI=1S/C15H23BN2O3/c1-10(17)12-8-11(13(19)18-9-12)6-7-16-20-14(2,3)15(4,5)21-16/h6-10H,17H2,1-5H3,(H,18,19)/b7-6+/t10-/m1/s1. The van der Waals surface area contributed by atoms with Crippen molar-refractivity contribution in [3.8, 4) is 0 Å². The summed E-state index contributed by atoms with van der Waals surface area (Å²) < 4.78 is 11.7. The summed E-state index contributed by atoms with van der Waals surface area (Å²) in [6.45, 7) is 9.83. The second-order valence-electron chi connectivity index (χ2n) is 6.49. The predicted molar refractivity (Wildman–Crippen MR) is 84.8 cm³/mol. The van der Waals surface area contributed by atoms with Crippen molar-refractivity contribution in [2.45, 2.75) is 51.9 Å². The van der Waals surface area contributed by atoms with E-state index in [2.05, 4.69) is 4.98 Å². The minimum Gasteiger partial charge on any atom is -0.400 e. The van der Waals surface area contributed by atoms with Crippen LogP contribution in [0.3, 0.4) is 0 Å². The molecule has 1 aromatic heterocycles. The molecule has 114 valence electrons. The Morgan fingerprint density at radius 2 is 1.86 bits per heavy atom. The second kappa shape index (κ2) is 5.44. The number of aromatic nitrogens is 1. The Labute approximate surface area is 125 Å². The van der Waals surface area contributed by atoms with E-state index in [0.717, 1.165) is 5.56 Å². The predicted octanol–water partition coefficient (Wildman–Crippen LogP) is 2.04. The molecule has 3 N–H and O–H groups in total. The van der Waals surface area contributed by atoms with E-state index in [1.165, 1.54) is 0 Å². The lowest BCUT2D eigenvalue weighted by Gasteiger charge is -2.32. The van der Waals surface area contributed by atoms with Crippen molar-refractivity contribution in [1.82, 2.24) is 4.98 Å². The van der Waals surface area contributed by atoms with Crippen LogP contribution in [0.15, 0.2) is 23.0 Å². The molecule has 0 bridgehead atoms. The van der Waals surface area contributed by atoms with Gasteiger partial charge in [0.2, 0.25) is 0 Å². The van der Waals surface area contributed by atoms with Gasteiger partial charge in [-0.1, -0.05) is 12.1 Å². The zero-order valence-electron chi connectivity index (χ0n) is 13.3. The maximum absolute atomic E-state index is 11.8. The van der Waals surface area contributed by atoms with Gasteiger partial charge in [-0.05, 0) is 46.2 Å². The SMILES string of the molecule is C[C@@H](N)c1c[nH]c(=O)c(/C=C/B2OC(C)(C)C(C)(C)O2)c1. The Hall–Kier alpha value is -1.37. The molecule has 1 aliphatic heterocycles. The molecule has 0 unspecified atom stereocenters. The van der Waals surface area contributed by atoms with E-state index in [9.17, 15) is 4.79 Å². The van der Waals surface area contributed by atoms with E-state index >= 15 is 0 Å². The van der Waals surface area contributed by atoms with Crippen LogP contribution >= 0.6 is 0 Å². The molecule has 0 saturated carbocycles. The van der Waals surface area contributed by atoms with Crippen LogP contribution in [0.5, 0.6) is 0 Å². The first-order chi connectivity index (χ1) is 9.62. The first-order valence-electron chi connectivity index (χ1n) is 7.14. The molecule has 21 heavy (non-hydrogen) atoms. The van der Waals surface area contributed by atoms with Gasteiger partial charge in [-0.25, -0.2) is 0 Å². The molecule has 2 heterocycles. The van der Waals surface area contributed by atoms with Crippen LogP contribution in [0.25, 0.3) is 6.08 Å². The fourth-order valence-electron chi connectivity index (χ4n) is 2.06. The number of H-pyrrole nitrogens is 1. The smallest absolute Gasteiger partial charge is 0.400 e. The van der Waals surface area contributed by atoms with Crippen LogP contribution in [-0.2, 0) is 9.31 Å². The average Bonchev–Trinajstić information content (AvgIpc) is 2.56. The van der Waals surface area contributed by atoms with Gasteiger partial charge in [0.25, 0.3) is 5.56 Å². The Morgan fingerprint density at radius 1 is 1.29 bits per heavy atom. The van der Waals surface area contributed by atoms with Crippen molar-refractivity contribution in [2.75, 3.05) is 0 Å². The van der Waals surface area contributed by atoms with Crippen molar-refractivity contribution in [3.05, 3.63) is 39.7 Å². The van der Waals surface area contributed by atoms with Crippen molar-refractivity contribution in [2.24, 2.45) is 5.73 Å². The number of nitrogens with one attached hydrogen (secondary N) is 1. The van der Waals surface area contributed by atoms with E-state index < -0.39 is 7.12 Å². The highest BCUT2D eigenvalue weighted by atomic mass is 16.7. The molecule has 0 aliphatic carbocycles. The van der Waals surface area contributed by atoms with Crippen molar-refractivity contribution < 1.29 is 9.31 Å². The van der Waals surface area contributed by atoms with Crippen molar-refractivity contribution in [1.29, 1.82) is 0 Å². The van der Waals surface area contributed by atoms with Gasteiger partial charge in [0.15, 0.2) is 0 Å². The maximum atomic E-state index is 11.8. The lowest BCUT2D eigenvalue weighted by Crippen LogP contribution is -2.41. The van der Waals surface area contributed by atoms with Gasteiger partial charge in [0.05, 0.1) is 11.2 Å². The van der Waals surface area contributed by atoms with Gasteiger partial charge in [-0.2, -0.15) is 0 Å². The molecule has 2 rings (SSSR count). The summed E-state index contributed by atoms with van der Waals surface area (Å²) in [6.07, 6.45) is 3.35. The fraction of sp³-hybridized carbons (Fsp3) is 0.533. The number of rotatable bonds is 3.